The van der Waals surface area contributed by atoms with Gasteiger partial charge in [-0.05, 0) is 31.2 Å². The molecule has 3 aromatic rings. The van der Waals surface area contributed by atoms with Crippen LogP contribution in [0, 0.1) is 11.6 Å². The third kappa shape index (κ3) is 3.28. The molecule has 25 heavy (non-hydrogen) atoms. The molecular weight excluding hydrogens is 348 g/mol. The number of para-hydroxylation sites is 1. The Morgan fingerprint density at radius 1 is 0.920 bits per heavy atom. The van der Waals surface area contributed by atoms with Gasteiger partial charge in [-0.15, -0.1) is 0 Å². The number of hydrogen-bond donors (Lipinski definition) is 1. The van der Waals surface area contributed by atoms with Gasteiger partial charge in [0.1, 0.15) is 23.1 Å². The number of halogens is 2. The summed E-state index contributed by atoms with van der Waals surface area (Å²) < 4.78 is 60.5. The highest BCUT2D eigenvalue weighted by molar-refractivity contribution is 7.93. The zero-order valence-corrected chi connectivity index (χ0v) is 14.1. The standard InChI is InChI=1S/C18H15F2NO3S/c1-2-24-16-10-11-17(13-7-4-3-6-12(13)16)25(22,23)21-18-14(19)8-5-9-15(18)20/h3-11,21H,2H2,1H3. The summed E-state index contributed by atoms with van der Waals surface area (Å²) in [5.74, 6) is -1.44. The van der Waals surface area contributed by atoms with Crippen LogP contribution in [0.1, 0.15) is 6.92 Å². The molecule has 0 heterocycles. The van der Waals surface area contributed by atoms with E-state index in [1.54, 1.807) is 24.3 Å². The van der Waals surface area contributed by atoms with E-state index in [0.29, 0.717) is 23.1 Å². The van der Waals surface area contributed by atoms with Crippen molar-refractivity contribution in [1.29, 1.82) is 0 Å². The van der Waals surface area contributed by atoms with Gasteiger partial charge in [0.2, 0.25) is 0 Å². The molecule has 0 atom stereocenters. The number of benzene rings is 3. The second kappa shape index (κ2) is 6.68. The number of nitrogens with one attached hydrogen (secondary N) is 1. The smallest absolute Gasteiger partial charge is 0.262 e. The minimum atomic E-state index is -4.20. The Bertz CT molecular complexity index is 1020. The molecule has 7 heteroatoms. The Morgan fingerprint density at radius 2 is 1.56 bits per heavy atom. The second-order valence-corrected chi connectivity index (χ2v) is 6.89. The molecule has 0 fully saturated rings. The summed E-state index contributed by atoms with van der Waals surface area (Å²) in [4.78, 5) is -0.0887. The minimum absolute atomic E-state index is 0.0887. The van der Waals surface area contributed by atoms with Crippen molar-refractivity contribution in [1.82, 2.24) is 0 Å². The van der Waals surface area contributed by atoms with E-state index in [-0.39, 0.29) is 4.90 Å². The average Bonchev–Trinajstić information content (AvgIpc) is 2.59. The van der Waals surface area contributed by atoms with Gasteiger partial charge in [0.25, 0.3) is 10.0 Å². The van der Waals surface area contributed by atoms with Gasteiger partial charge < -0.3 is 4.74 Å². The number of ether oxygens (including phenoxy) is 1. The first-order valence-electron chi connectivity index (χ1n) is 7.55. The van der Waals surface area contributed by atoms with Crippen LogP contribution in [0.4, 0.5) is 14.5 Å². The maximum Gasteiger partial charge on any atom is 0.262 e. The Hall–Kier alpha value is -2.67. The lowest BCUT2D eigenvalue weighted by Gasteiger charge is -2.14. The van der Waals surface area contributed by atoms with Crippen molar-refractivity contribution in [3.05, 3.63) is 66.2 Å². The van der Waals surface area contributed by atoms with Crippen molar-refractivity contribution >= 4 is 26.5 Å². The van der Waals surface area contributed by atoms with Crippen LogP contribution in [0.5, 0.6) is 5.75 Å². The van der Waals surface area contributed by atoms with Gasteiger partial charge in [0.05, 0.1) is 11.5 Å². The SMILES string of the molecule is CCOc1ccc(S(=O)(=O)Nc2c(F)cccc2F)c2ccccc12. The van der Waals surface area contributed by atoms with E-state index < -0.39 is 27.3 Å². The summed E-state index contributed by atoms with van der Waals surface area (Å²) in [7, 11) is -4.20. The molecule has 0 saturated carbocycles. The molecule has 0 spiro atoms. The van der Waals surface area contributed by atoms with Gasteiger partial charge in [-0.2, -0.15) is 0 Å². The van der Waals surface area contributed by atoms with Crippen LogP contribution in [-0.2, 0) is 10.0 Å². The first kappa shape index (κ1) is 17.2. The van der Waals surface area contributed by atoms with Crippen molar-refractivity contribution in [3.63, 3.8) is 0 Å². The van der Waals surface area contributed by atoms with Crippen LogP contribution in [-0.4, -0.2) is 15.0 Å². The van der Waals surface area contributed by atoms with Crippen molar-refractivity contribution < 1.29 is 21.9 Å². The molecule has 3 rings (SSSR count). The summed E-state index contributed by atoms with van der Waals surface area (Å²) in [6.07, 6.45) is 0. The van der Waals surface area contributed by atoms with Gasteiger partial charge in [-0.3, -0.25) is 4.72 Å². The van der Waals surface area contributed by atoms with Gasteiger partial charge in [0.15, 0.2) is 0 Å². The molecule has 0 unspecified atom stereocenters. The zero-order chi connectivity index (χ0) is 18.0. The van der Waals surface area contributed by atoms with E-state index in [4.69, 9.17) is 4.74 Å². The molecule has 1 N–H and O–H groups in total. The molecule has 0 aliphatic heterocycles. The maximum atomic E-state index is 13.8. The van der Waals surface area contributed by atoms with Crippen LogP contribution in [0.2, 0.25) is 0 Å². The molecule has 0 aliphatic carbocycles. The van der Waals surface area contributed by atoms with Gasteiger partial charge >= 0.3 is 0 Å². The van der Waals surface area contributed by atoms with E-state index in [1.807, 2.05) is 11.6 Å². The highest BCUT2D eigenvalue weighted by Crippen LogP contribution is 2.32. The maximum absolute atomic E-state index is 13.8. The largest absolute Gasteiger partial charge is 0.493 e. The van der Waals surface area contributed by atoms with Crippen LogP contribution in [0.25, 0.3) is 10.8 Å². The number of sulfonamides is 1. The average molecular weight is 363 g/mol. The molecule has 0 aliphatic rings. The summed E-state index contributed by atoms with van der Waals surface area (Å²) >= 11 is 0. The summed E-state index contributed by atoms with van der Waals surface area (Å²) in [6, 6.07) is 12.8. The molecule has 0 aromatic heterocycles. The number of anilines is 1. The lowest BCUT2D eigenvalue weighted by atomic mass is 10.1. The van der Waals surface area contributed by atoms with Crippen molar-refractivity contribution in [2.45, 2.75) is 11.8 Å². The minimum Gasteiger partial charge on any atom is -0.493 e. The molecule has 0 amide bonds. The fourth-order valence-electron chi connectivity index (χ4n) is 2.54. The predicted octanol–water partition coefficient (Wildman–Crippen LogP) is 4.32. The van der Waals surface area contributed by atoms with Crippen LogP contribution in [0.15, 0.2) is 59.5 Å². The third-order valence-corrected chi connectivity index (χ3v) is 5.04. The second-order valence-electron chi connectivity index (χ2n) is 5.24. The van der Waals surface area contributed by atoms with E-state index >= 15 is 0 Å². The topological polar surface area (TPSA) is 55.4 Å². The van der Waals surface area contributed by atoms with E-state index in [9.17, 15) is 17.2 Å². The van der Waals surface area contributed by atoms with Gasteiger partial charge in [-0.1, -0.05) is 30.3 Å². The number of hydrogen-bond acceptors (Lipinski definition) is 3. The summed E-state index contributed by atoms with van der Waals surface area (Å²) in [6.45, 7) is 2.25. The fourth-order valence-corrected chi connectivity index (χ4v) is 3.83. The molecular formula is C18H15F2NO3S. The molecule has 0 bridgehead atoms. The van der Waals surface area contributed by atoms with Crippen LogP contribution < -0.4 is 9.46 Å². The fraction of sp³-hybridized carbons (Fsp3) is 0.111. The highest BCUT2D eigenvalue weighted by atomic mass is 32.2. The highest BCUT2D eigenvalue weighted by Gasteiger charge is 2.22. The van der Waals surface area contributed by atoms with Crippen LogP contribution >= 0.6 is 0 Å². The third-order valence-electron chi connectivity index (χ3n) is 3.63. The van der Waals surface area contributed by atoms with Crippen molar-refractivity contribution in [2.24, 2.45) is 0 Å². The normalized spacial score (nSPS) is 11.5. The first-order valence-corrected chi connectivity index (χ1v) is 9.03. The lowest BCUT2D eigenvalue weighted by Crippen LogP contribution is -2.15. The van der Waals surface area contributed by atoms with Crippen molar-refractivity contribution in [2.75, 3.05) is 11.3 Å². The van der Waals surface area contributed by atoms with Gasteiger partial charge in [0, 0.05) is 10.8 Å². The summed E-state index contributed by atoms with van der Waals surface area (Å²) in [5.41, 5.74) is -0.708. The predicted molar refractivity (Wildman–Crippen MR) is 92.3 cm³/mol. The molecule has 3 aromatic carbocycles. The Morgan fingerprint density at radius 3 is 2.20 bits per heavy atom. The van der Waals surface area contributed by atoms with E-state index in [2.05, 4.69) is 0 Å². The monoisotopic (exact) mass is 363 g/mol. The van der Waals surface area contributed by atoms with Gasteiger partial charge in [-0.25, -0.2) is 17.2 Å². The Balaban J connectivity index is 2.14. The lowest BCUT2D eigenvalue weighted by molar-refractivity contribution is 0.344. The Labute approximate surface area is 144 Å². The summed E-state index contributed by atoms with van der Waals surface area (Å²) in [5, 5.41) is 0.999. The first-order chi connectivity index (χ1) is 11.9. The van der Waals surface area contributed by atoms with E-state index in [0.717, 1.165) is 18.2 Å². The zero-order valence-electron chi connectivity index (χ0n) is 13.3. The quantitative estimate of drug-likeness (QED) is 0.735. The molecule has 0 radical (unpaired) electrons. The van der Waals surface area contributed by atoms with Crippen molar-refractivity contribution in [3.8, 4) is 5.75 Å². The van der Waals surface area contributed by atoms with Crippen LogP contribution in [0.3, 0.4) is 0 Å². The number of fused-ring (bicyclic) bond motifs is 1. The Kier molecular flexibility index (Phi) is 4.59. The molecule has 130 valence electrons. The molecule has 0 saturated heterocycles. The molecule has 4 nitrogen and oxygen atoms in total. The number of rotatable bonds is 5. The van der Waals surface area contributed by atoms with E-state index in [1.165, 1.54) is 12.1 Å².